The van der Waals surface area contributed by atoms with Crippen LogP contribution in [0.3, 0.4) is 0 Å². The summed E-state index contributed by atoms with van der Waals surface area (Å²) in [7, 11) is 0. The average molecular weight is 309 g/mol. The van der Waals surface area contributed by atoms with Gasteiger partial charge in [-0.05, 0) is 25.1 Å². The molecule has 4 rings (SSSR count). The molecule has 0 aliphatic carbocycles. The lowest BCUT2D eigenvalue weighted by Gasteiger charge is -2.27. The predicted molar refractivity (Wildman–Crippen MR) is 85.5 cm³/mol. The number of hydrogen-bond donors (Lipinski definition) is 1. The molecule has 3 heterocycles. The van der Waals surface area contributed by atoms with Crippen molar-refractivity contribution in [3.63, 3.8) is 0 Å². The second kappa shape index (κ2) is 5.46. The first-order valence-corrected chi connectivity index (χ1v) is 7.57. The van der Waals surface area contributed by atoms with Gasteiger partial charge in [0.2, 0.25) is 5.95 Å². The molecule has 0 atom stereocenters. The second-order valence-corrected chi connectivity index (χ2v) is 5.71. The van der Waals surface area contributed by atoms with Gasteiger partial charge in [-0.2, -0.15) is 5.10 Å². The van der Waals surface area contributed by atoms with Crippen molar-refractivity contribution in [2.75, 3.05) is 11.4 Å². The van der Waals surface area contributed by atoms with Crippen molar-refractivity contribution in [2.45, 2.75) is 19.9 Å². The lowest BCUT2D eigenvalue weighted by molar-refractivity contribution is 0.628. The highest BCUT2D eigenvalue weighted by atomic mass is 19.1. The highest BCUT2D eigenvalue weighted by Crippen LogP contribution is 2.29. The quantitative estimate of drug-likeness (QED) is 0.791. The number of halogens is 1. The highest BCUT2D eigenvalue weighted by Gasteiger charge is 2.24. The van der Waals surface area contributed by atoms with Crippen molar-refractivity contribution >= 4 is 5.95 Å². The molecule has 0 radical (unpaired) electrons. The molecule has 0 fully saturated rings. The maximum absolute atomic E-state index is 13.5. The number of nitrogens with one attached hydrogen (secondary N) is 1. The Balaban J connectivity index is 1.70. The molecule has 5 nitrogen and oxygen atoms in total. The van der Waals surface area contributed by atoms with Crippen molar-refractivity contribution in [3.05, 3.63) is 59.3 Å². The second-order valence-electron chi connectivity index (χ2n) is 5.71. The van der Waals surface area contributed by atoms with Crippen LogP contribution in [0.1, 0.15) is 17.0 Å². The number of aryl methyl sites for hydroxylation is 1. The van der Waals surface area contributed by atoms with Gasteiger partial charge in [0, 0.05) is 48.2 Å². The topological polar surface area (TPSA) is 57.7 Å². The molecule has 0 spiro atoms. The van der Waals surface area contributed by atoms with Gasteiger partial charge in [-0.3, -0.25) is 5.10 Å². The number of aromatic nitrogens is 4. The van der Waals surface area contributed by atoms with E-state index in [0.29, 0.717) is 6.54 Å². The number of aromatic amines is 1. The van der Waals surface area contributed by atoms with E-state index in [1.165, 1.54) is 12.1 Å². The zero-order valence-electron chi connectivity index (χ0n) is 12.8. The third-order valence-electron chi connectivity index (χ3n) is 4.10. The van der Waals surface area contributed by atoms with Crippen LogP contribution in [0, 0.1) is 12.7 Å². The van der Waals surface area contributed by atoms with Crippen molar-refractivity contribution in [3.8, 4) is 11.3 Å². The van der Waals surface area contributed by atoms with Crippen molar-refractivity contribution in [2.24, 2.45) is 0 Å². The fourth-order valence-corrected chi connectivity index (χ4v) is 2.93. The molecular weight excluding hydrogens is 293 g/mol. The van der Waals surface area contributed by atoms with Gasteiger partial charge in [0.05, 0.1) is 5.69 Å². The minimum Gasteiger partial charge on any atom is -0.336 e. The van der Waals surface area contributed by atoms with Crippen LogP contribution in [0.2, 0.25) is 0 Å². The van der Waals surface area contributed by atoms with Crippen LogP contribution in [0.25, 0.3) is 11.3 Å². The monoisotopic (exact) mass is 309 g/mol. The standard InChI is InChI=1S/C17H16FN5/c1-11-5-7-19-17(20-11)23-8-6-15-14(10-23)16(22-21-15)12-3-2-4-13(18)9-12/h2-5,7,9H,6,8,10H2,1H3,(H,21,22). The van der Waals surface area contributed by atoms with Gasteiger partial charge >= 0.3 is 0 Å². The van der Waals surface area contributed by atoms with E-state index in [0.717, 1.165) is 47.1 Å². The number of rotatable bonds is 2. The van der Waals surface area contributed by atoms with E-state index in [1.54, 1.807) is 12.3 Å². The van der Waals surface area contributed by atoms with Gasteiger partial charge in [0.25, 0.3) is 0 Å². The van der Waals surface area contributed by atoms with Crippen molar-refractivity contribution < 1.29 is 4.39 Å². The summed E-state index contributed by atoms with van der Waals surface area (Å²) < 4.78 is 13.5. The number of fused-ring (bicyclic) bond motifs is 1. The molecule has 3 aromatic rings. The Morgan fingerprint density at radius 1 is 1.26 bits per heavy atom. The zero-order valence-corrected chi connectivity index (χ0v) is 12.8. The van der Waals surface area contributed by atoms with Crippen LogP contribution in [0.4, 0.5) is 10.3 Å². The van der Waals surface area contributed by atoms with E-state index in [4.69, 9.17) is 0 Å². The summed E-state index contributed by atoms with van der Waals surface area (Å²) in [6.07, 6.45) is 2.62. The Kier molecular flexibility index (Phi) is 3.29. The molecule has 116 valence electrons. The molecule has 1 aliphatic rings. The van der Waals surface area contributed by atoms with Crippen LogP contribution < -0.4 is 4.90 Å². The molecule has 23 heavy (non-hydrogen) atoms. The van der Waals surface area contributed by atoms with Gasteiger partial charge in [0.15, 0.2) is 0 Å². The lowest BCUT2D eigenvalue weighted by atomic mass is 10.0. The molecule has 1 aromatic carbocycles. The first kappa shape index (κ1) is 13.9. The van der Waals surface area contributed by atoms with Crippen LogP contribution in [0.15, 0.2) is 36.5 Å². The summed E-state index contributed by atoms with van der Waals surface area (Å²) in [5.74, 6) is 0.468. The van der Waals surface area contributed by atoms with Gasteiger partial charge in [0.1, 0.15) is 5.82 Å². The first-order valence-electron chi connectivity index (χ1n) is 7.57. The molecule has 0 saturated carbocycles. The van der Waals surface area contributed by atoms with Gasteiger partial charge in [-0.1, -0.05) is 12.1 Å². The van der Waals surface area contributed by atoms with Crippen LogP contribution in [-0.4, -0.2) is 26.7 Å². The Labute approximate surface area is 133 Å². The van der Waals surface area contributed by atoms with E-state index < -0.39 is 0 Å². The number of anilines is 1. The molecule has 0 bridgehead atoms. The number of nitrogens with zero attached hydrogens (tertiary/aromatic N) is 4. The summed E-state index contributed by atoms with van der Waals surface area (Å²) in [5.41, 5.74) is 4.73. The third-order valence-corrected chi connectivity index (χ3v) is 4.10. The van der Waals surface area contributed by atoms with Gasteiger partial charge < -0.3 is 4.90 Å². The summed E-state index contributed by atoms with van der Waals surface area (Å²) in [4.78, 5) is 11.0. The zero-order chi connectivity index (χ0) is 15.8. The molecule has 6 heteroatoms. The predicted octanol–water partition coefficient (Wildman–Crippen LogP) is 2.88. The molecule has 0 unspecified atom stereocenters. The Morgan fingerprint density at radius 3 is 3.00 bits per heavy atom. The molecule has 1 N–H and O–H groups in total. The molecule has 2 aromatic heterocycles. The summed E-state index contributed by atoms with van der Waals surface area (Å²) in [6, 6.07) is 8.42. The fourth-order valence-electron chi connectivity index (χ4n) is 2.93. The van der Waals surface area contributed by atoms with Crippen molar-refractivity contribution in [1.82, 2.24) is 20.2 Å². The first-order chi connectivity index (χ1) is 11.2. The van der Waals surface area contributed by atoms with E-state index in [2.05, 4.69) is 25.1 Å². The maximum Gasteiger partial charge on any atom is 0.225 e. The normalized spacial score (nSPS) is 13.9. The van der Waals surface area contributed by atoms with Crippen LogP contribution in [0.5, 0.6) is 0 Å². The Morgan fingerprint density at radius 2 is 2.17 bits per heavy atom. The molecule has 1 aliphatic heterocycles. The molecule has 0 saturated heterocycles. The van der Waals surface area contributed by atoms with E-state index in [9.17, 15) is 4.39 Å². The lowest BCUT2D eigenvalue weighted by Crippen LogP contribution is -2.31. The minimum absolute atomic E-state index is 0.256. The maximum atomic E-state index is 13.5. The fraction of sp³-hybridized carbons (Fsp3) is 0.235. The highest BCUT2D eigenvalue weighted by molar-refractivity contribution is 5.65. The average Bonchev–Trinajstić information content (AvgIpc) is 2.98. The third kappa shape index (κ3) is 2.56. The SMILES string of the molecule is Cc1ccnc(N2CCc3[nH]nc(-c4cccc(F)c4)c3C2)n1. The summed E-state index contributed by atoms with van der Waals surface area (Å²) in [5, 5.41) is 7.48. The van der Waals surface area contributed by atoms with Gasteiger partial charge in [-0.15, -0.1) is 0 Å². The largest absolute Gasteiger partial charge is 0.336 e. The van der Waals surface area contributed by atoms with Crippen molar-refractivity contribution in [1.29, 1.82) is 0 Å². The molecular formula is C17H16FN5. The number of H-pyrrole nitrogens is 1. The van der Waals surface area contributed by atoms with E-state index in [-0.39, 0.29) is 5.82 Å². The summed E-state index contributed by atoms with van der Waals surface area (Å²) >= 11 is 0. The Bertz CT molecular complexity index is 858. The Hall–Kier alpha value is -2.76. The van der Waals surface area contributed by atoms with Crippen LogP contribution in [-0.2, 0) is 13.0 Å². The smallest absolute Gasteiger partial charge is 0.225 e. The number of benzene rings is 1. The van der Waals surface area contributed by atoms with Gasteiger partial charge in [-0.25, -0.2) is 14.4 Å². The minimum atomic E-state index is -0.256. The van der Waals surface area contributed by atoms with E-state index >= 15 is 0 Å². The van der Waals surface area contributed by atoms with Crippen LogP contribution >= 0.6 is 0 Å². The molecule has 0 amide bonds. The van der Waals surface area contributed by atoms with E-state index in [1.807, 2.05) is 19.1 Å². The number of hydrogen-bond acceptors (Lipinski definition) is 4. The summed E-state index contributed by atoms with van der Waals surface area (Å²) in [6.45, 7) is 3.46.